The molecule has 0 aromatic carbocycles. The van der Waals surface area contributed by atoms with Gasteiger partial charge in [-0.25, -0.2) is 5.53 Å². The van der Waals surface area contributed by atoms with Crippen molar-refractivity contribution in [2.45, 2.75) is 19.4 Å². The summed E-state index contributed by atoms with van der Waals surface area (Å²) in [6.45, 7) is 3.29. The van der Waals surface area contributed by atoms with E-state index in [9.17, 15) is 4.79 Å². The summed E-state index contributed by atoms with van der Waals surface area (Å²) in [6, 6.07) is 0.362. The molecule has 78 valence electrons. The molecule has 1 aliphatic rings. The van der Waals surface area contributed by atoms with Crippen molar-refractivity contribution < 1.29 is 4.79 Å². The maximum Gasteiger partial charge on any atom is 0.222 e. The second-order valence-corrected chi connectivity index (χ2v) is 3.18. The van der Waals surface area contributed by atoms with E-state index >= 15 is 0 Å². The molecule has 1 heterocycles. The molecule has 1 aliphatic heterocycles. The molecular formula is C8H15N5O. The number of carbonyl (C=O) groups is 1. The topological polar surface area (TPSA) is 89.4 Å². The van der Waals surface area contributed by atoms with Gasteiger partial charge in [0.15, 0.2) is 5.82 Å². The molecular weight excluding hydrogens is 182 g/mol. The van der Waals surface area contributed by atoms with Crippen molar-refractivity contribution in [3.63, 3.8) is 0 Å². The van der Waals surface area contributed by atoms with Gasteiger partial charge < -0.3 is 16.0 Å². The summed E-state index contributed by atoms with van der Waals surface area (Å²) in [4.78, 5) is 10.7. The normalized spacial score (nSPS) is 21.8. The van der Waals surface area contributed by atoms with E-state index in [1.807, 2.05) is 0 Å². The highest BCUT2D eigenvalue weighted by atomic mass is 16.1. The van der Waals surface area contributed by atoms with E-state index in [0.29, 0.717) is 6.04 Å². The SMILES string of the molecule is CC(=O)N/C(=C/NC1CCNC1)N=N. The Balaban J connectivity index is 2.38. The minimum atomic E-state index is -0.224. The Bertz CT molecular complexity index is 244. The molecule has 1 fully saturated rings. The van der Waals surface area contributed by atoms with Crippen LogP contribution in [0, 0.1) is 5.53 Å². The summed E-state index contributed by atoms with van der Waals surface area (Å²) in [5.41, 5.74) is 6.81. The molecule has 0 aromatic rings. The average Bonchev–Trinajstić information content (AvgIpc) is 2.64. The molecule has 0 aliphatic carbocycles. The van der Waals surface area contributed by atoms with Crippen LogP contribution in [0.1, 0.15) is 13.3 Å². The van der Waals surface area contributed by atoms with Gasteiger partial charge in [-0.15, -0.1) is 5.11 Å². The number of nitrogens with zero attached hydrogens (tertiary/aromatic N) is 1. The third-order valence-corrected chi connectivity index (χ3v) is 1.94. The fourth-order valence-corrected chi connectivity index (χ4v) is 1.27. The van der Waals surface area contributed by atoms with Gasteiger partial charge in [0, 0.05) is 25.7 Å². The fourth-order valence-electron chi connectivity index (χ4n) is 1.27. The Labute approximate surface area is 82.6 Å². The summed E-state index contributed by atoms with van der Waals surface area (Å²) >= 11 is 0. The quantitative estimate of drug-likeness (QED) is 0.475. The van der Waals surface area contributed by atoms with Crippen molar-refractivity contribution in [3.05, 3.63) is 12.0 Å². The Morgan fingerprint density at radius 3 is 3.00 bits per heavy atom. The first-order valence-corrected chi connectivity index (χ1v) is 4.54. The lowest BCUT2D eigenvalue weighted by Gasteiger charge is -2.08. The average molecular weight is 197 g/mol. The summed E-state index contributed by atoms with van der Waals surface area (Å²) in [5.74, 6) is 0.0167. The number of carbonyl (C=O) groups excluding carboxylic acids is 1. The van der Waals surface area contributed by atoms with Crippen LogP contribution in [-0.4, -0.2) is 25.0 Å². The highest BCUT2D eigenvalue weighted by Crippen LogP contribution is 1.98. The second-order valence-electron chi connectivity index (χ2n) is 3.18. The standard InChI is InChI=1S/C8H15N5O/c1-6(14)12-8(13-9)5-11-7-2-3-10-4-7/h5,7,9-11H,2-4H2,1H3,(H,12,14)/b8-5-,13-9?. The van der Waals surface area contributed by atoms with Gasteiger partial charge in [0.2, 0.25) is 5.91 Å². The van der Waals surface area contributed by atoms with E-state index in [1.54, 1.807) is 6.20 Å². The van der Waals surface area contributed by atoms with Crippen LogP contribution in [0.25, 0.3) is 0 Å². The van der Waals surface area contributed by atoms with Crippen LogP contribution < -0.4 is 16.0 Å². The minimum absolute atomic E-state index is 0.224. The van der Waals surface area contributed by atoms with E-state index in [2.05, 4.69) is 21.1 Å². The zero-order valence-electron chi connectivity index (χ0n) is 8.13. The van der Waals surface area contributed by atoms with Gasteiger partial charge in [0.05, 0.1) is 0 Å². The minimum Gasteiger partial charge on any atom is -0.384 e. The zero-order chi connectivity index (χ0) is 10.4. The van der Waals surface area contributed by atoms with Crippen LogP contribution in [-0.2, 0) is 4.79 Å². The zero-order valence-corrected chi connectivity index (χ0v) is 8.13. The van der Waals surface area contributed by atoms with Crippen molar-refractivity contribution in [1.29, 1.82) is 5.53 Å². The van der Waals surface area contributed by atoms with E-state index in [-0.39, 0.29) is 11.7 Å². The predicted molar refractivity (Wildman–Crippen MR) is 51.5 cm³/mol. The molecule has 1 atom stereocenters. The summed E-state index contributed by atoms with van der Waals surface area (Å²) in [5, 5.41) is 11.9. The summed E-state index contributed by atoms with van der Waals surface area (Å²) < 4.78 is 0. The van der Waals surface area contributed by atoms with Crippen molar-refractivity contribution in [2.75, 3.05) is 13.1 Å². The number of amides is 1. The largest absolute Gasteiger partial charge is 0.384 e. The molecule has 6 nitrogen and oxygen atoms in total. The lowest BCUT2D eigenvalue weighted by Crippen LogP contribution is -2.28. The van der Waals surface area contributed by atoms with Crippen molar-refractivity contribution >= 4 is 5.91 Å². The highest BCUT2D eigenvalue weighted by Gasteiger charge is 2.12. The maximum absolute atomic E-state index is 10.7. The third-order valence-electron chi connectivity index (χ3n) is 1.94. The van der Waals surface area contributed by atoms with E-state index in [1.165, 1.54) is 6.92 Å². The lowest BCUT2D eigenvalue weighted by molar-refractivity contribution is -0.118. The maximum atomic E-state index is 10.7. The molecule has 0 aromatic heterocycles. The smallest absolute Gasteiger partial charge is 0.222 e. The van der Waals surface area contributed by atoms with Gasteiger partial charge in [-0.2, -0.15) is 0 Å². The Hall–Kier alpha value is -1.43. The van der Waals surface area contributed by atoms with E-state index in [4.69, 9.17) is 5.53 Å². The summed E-state index contributed by atoms with van der Waals surface area (Å²) in [6.07, 6.45) is 2.61. The number of hydrogen-bond donors (Lipinski definition) is 4. The van der Waals surface area contributed by atoms with Gasteiger partial charge in [-0.3, -0.25) is 4.79 Å². The first-order valence-electron chi connectivity index (χ1n) is 4.54. The predicted octanol–water partition coefficient (Wildman–Crippen LogP) is -0.0961. The van der Waals surface area contributed by atoms with Gasteiger partial charge in [-0.1, -0.05) is 0 Å². The van der Waals surface area contributed by atoms with Crippen LogP contribution in [0.2, 0.25) is 0 Å². The van der Waals surface area contributed by atoms with Crippen LogP contribution in [0.3, 0.4) is 0 Å². The Morgan fingerprint density at radius 1 is 1.71 bits per heavy atom. The van der Waals surface area contributed by atoms with Crippen molar-refractivity contribution in [2.24, 2.45) is 5.11 Å². The highest BCUT2D eigenvalue weighted by molar-refractivity contribution is 5.74. The van der Waals surface area contributed by atoms with E-state index in [0.717, 1.165) is 19.5 Å². The third kappa shape index (κ3) is 3.53. The summed E-state index contributed by atoms with van der Waals surface area (Å²) in [7, 11) is 0. The molecule has 0 spiro atoms. The molecule has 1 rings (SSSR count). The molecule has 6 heteroatoms. The first-order chi connectivity index (χ1) is 6.72. The van der Waals surface area contributed by atoms with Gasteiger partial charge >= 0.3 is 0 Å². The van der Waals surface area contributed by atoms with Gasteiger partial charge in [0.25, 0.3) is 0 Å². The molecule has 0 bridgehead atoms. The number of rotatable bonds is 4. The molecule has 0 radical (unpaired) electrons. The van der Waals surface area contributed by atoms with Gasteiger partial charge in [-0.05, 0) is 13.0 Å². The molecule has 1 saturated heterocycles. The monoisotopic (exact) mass is 197 g/mol. The van der Waals surface area contributed by atoms with Crippen molar-refractivity contribution in [1.82, 2.24) is 16.0 Å². The number of nitrogens with one attached hydrogen (secondary N) is 4. The molecule has 1 unspecified atom stereocenters. The van der Waals surface area contributed by atoms with Gasteiger partial charge in [0.1, 0.15) is 0 Å². The molecule has 1 amide bonds. The van der Waals surface area contributed by atoms with Crippen LogP contribution in [0.5, 0.6) is 0 Å². The van der Waals surface area contributed by atoms with Crippen molar-refractivity contribution in [3.8, 4) is 0 Å². The lowest BCUT2D eigenvalue weighted by atomic mass is 10.3. The van der Waals surface area contributed by atoms with Crippen LogP contribution in [0.4, 0.5) is 0 Å². The second kappa shape index (κ2) is 5.33. The number of hydrogen-bond acceptors (Lipinski definition) is 5. The van der Waals surface area contributed by atoms with E-state index < -0.39 is 0 Å². The fraction of sp³-hybridized carbons (Fsp3) is 0.625. The first kappa shape index (κ1) is 10.6. The Kier molecular flexibility index (Phi) is 4.06. The van der Waals surface area contributed by atoms with Crippen LogP contribution >= 0.6 is 0 Å². The Morgan fingerprint density at radius 2 is 2.50 bits per heavy atom. The molecule has 4 N–H and O–H groups in total. The molecule has 0 saturated carbocycles. The van der Waals surface area contributed by atoms with Crippen LogP contribution in [0.15, 0.2) is 17.1 Å². The molecule has 14 heavy (non-hydrogen) atoms.